The van der Waals surface area contributed by atoms with E-state index in [1.165, 1.54) is 16.9 Å². The van der Waals surface area contributed by atoms with Crippen LogP contribution in [0.5, 0.6) is 0 Å². The highest BCUT2D eigenvalue weighted by Crippen LogP contribution is 2.43. The van der Waals surface area contributed by atoms with Gasteiger partial charge in [0.25, 0.3) is 0 Å². The van der Waals surface area contributed by atoms with Crippen LogP contribution in [0.2, 0.25) is 0 Å². The van der Waals surface area contributed by atoms with Crippen LogP contribution in [-0.2, 0) is 34.1 Å². The Morgan fingerprint density at radius 3 is 2.49 bits per heavy atom. The van der Waals surface area contributed by atoms with Crippen LogP contribution in [0.4, 0.5) is 5.13 Å². The average Bonchev–Trinajstić information content (AvgIpc) is 3.35. The number of thiazole rings is 1. The highest BCUT2D eigenvalue weighted by Gasteiger charge is 2.36. The van der Waals surface area contributed by atoms with Gasteiger partial charge in [0.2, 0.25) is 5.91 Å². The SMILES string of the molecule is CC(C)[C@H]1c2nc(NC(=O)Cc3ccc(S(=O)(=O)CCC4CCC4)cc3)sc2CN1Cc1ccncc1. The van der Waals surface area contributed by atoms with Gasteiger partial charge in [-0.25, -0.2) is 13.4 Å². The number of rotatable bonds is 10. The summed E-state index contributed by atoms with van der Waals surface area (Å²) in [5, 5.41) is 3.58. The smallest absolute Gasteiger partial charge is 0.230 e. The van der Waals surface area contributed by atoms with Gasteiger partial charge in [0.15, 0.2) is 15.0 Å². The molecule has 0 bridgehead atoms. The zero-order valence-electron chi connectivity index (χ0n) is 21.4. The van der Waals surface area contributed by atoms with Crippen molar-refractivity contribution in [1.82, 2.24) is 14.9 Å². The number of amides is 1. The molecule has 0 radical (unpaired) electrons. The fourth-order valence-corrected chi connectivity index (χ4v) is 7.69. The molecule has 5 rings (SSSR count). The Morgan fingerprint density at radius 1 is 1.11 bits per heavy atom. The molecule has 1 aromatic carbocycles. The van der Waals surface area contributed by atoms with Crippen molar-refractivity contribution in [2.45, 2.75) is 70.0 Å². The molecule has 1 fully saturated rings. The second-order valence-electron chi connectivity index (χ2n) is 10.6. The van der Waals surface area contributed by atoms with Gasteiger partial charge in [-0.1, -0.05) is 45.2 Å². The molecule has 0 saturated heterocycles. The van der Waals surface area contributed by atoms with E-state index in [4.69, 9.17) is 4.98 Å². The van der Waals surface area contributed by atoms with Crippen LogP contribution in [0, 0.1) is 11.8 Å². The van der Waals surface area contributed by atoms with Crippen molar-refractivity contribution in [2.24, 2.45) is 11.8 Å². The van der Waals surface area contributed by atoms with E-state index in [-0.39, 0.29) is 24.1 Å². The second-order valence-corrected chi connectivity index (χ2v) is 13.7. The minimum atomic E-state index is -3.28. The van der Waals surface area contributed by atoms with Crippen molar-refractivity contribution in [3.8, 4) is 0 Å². The number of hydrogen-bond donors (Lipinski definition) is 1. The Labute approximate surface area is 223 Å². The number of anilines is 1. The van der Waals surface area contributed by atoms with E-state index in [1.807, 2.05) is 24.5 Å². The van der Waals surface area contributed by atoms with Crippen LogP contribution in [0.15, 0.2) is 53.7 Å². The van der Waals surface area contributed by atoms with Crippen LogP contribution in [0.3, 0.4) is 0 Å². The van der Waals surface area contributed by atoms with Gasteiger partial charge >= 0.3 is 0 Å². The predicted molar refractivity (Wildman–Crippen MR) is 146 cm³/mol. The Morgan fingerprint density at radius 2 is 1.84 bits per heavy atom. The molecule has 0 unspecified atom stereocenters. The lowest BCUT2D eigenvalue weighted by Gasteiger charge is -2.27. The minimum Gasteiger partial charge on any atom is -0.302 e. The third-order valence-corrected chi connectivity index (χ3v) is 10.2. The summed E-state index contributed by atoms with van der Waals surface area (Å²) in [6, 6.07) is 11.0. The lowest BCUT2D eigenvalue weighted by Crippen LogP contribution is -2.26. The van der Waals surface area contributed by atoms with Crippen molar-refractivity contribution >= 4 is 32.2 Å². The van der Waals surface area contributed by atoms with Gasteiger partial charge in [0.1, 0.15) is 0 Å². The summed E-state index contributed by atoms with van der Waals surface area (Å²) in [5.41, 5.74) is 3.06. The monoisotopic (exact) mass is 538 g/mol. The average molecular weight is 539 g/mol. The molecular formula is C28H34N4O3S2. The molecule has 1 saturated carbocycles. The van der Waals surface area contributed by atoms with Gasteiger partial charge in [0, 0.05) is 30.4 Å². The van der Waals surface area contributed by atoms with E-state index in [1.54, 1.807) is 35.6 Å². The molecule has 3 heterocycles. The molecule has 9 heteroatoms. The number of carbonyl (C=O) groups excluding carboxylic acids is 1. The van der Waals surface area contributed by atoms with Crippen LogP contribution in [0.1, 0.15) is 67.3 Å². The normalized spacial score (nSPS) is 18.1. The minimum absolute atomic E-state index is 0.150. The van der Waals surface area contributed by atoms with E-state index in [2.05, 4.69) is 29.0 Å². The van der Waals surface area contributed by atoms with Crippen LogP contribution < -0.4 is 5.32 Å². The van der Waals surface area contributed by atoms with E-state index in [9.17, 15) is 13.2 Å². The first kappa shape index (κ1) is 26.0. The molecule has 2 aromatic heterocycles. The first-order chi connectivity index (χ1) is 17.8. The lowest BCUT2D eigenvalue weighted by molar-refractivity contribution is -0.115. The Balaban J connectivity index is 1.18. The van der Waals surface area contributed by atoms with Crippen molar-refractivity contribution < 1.29 is 13.2 Å². The van der Waals surface area contributed by atoms with E-state index >= 15 is 0 Å². The standard InChI is InChI=1S/C28H34N4O3S2/c1-19(2)27-26-24(18-32(27)17-22-10-13-29-14-11-22)36-28(31-26)30-25(33)16-21-6-8-23(9-7-21)37(34,35)15-12-20-4-3-5-20/h6-11,13-14,19-20,27H,3-5,12,15-18H2,1-2H3,(H,30,31,33)/t27-/m0/s1. The Hall–Kier alpha value is -2.62. The van der Waals surface area contributed by atoms with E-state index in [0.717, 1.165) is 43.6 Å². The van der Waals surface area contributed by atoms with Crippen LogP contribution in [0.25, 0.3) is 0 Å². The number of aromatic nitrogens is 2. The Kier molecular flexibility index (Phi) is 7.74. The van der Waals surface area contributed by atoms with E-state index in [0.29, 0.717) is 21.9 Å². The third-order valence-electron chi connectivity index (χ3n) is 7.43. The number of benzene rings is 1. The fraction of sp³-hybridized carbons (Fsp3) is 0.464. The molecule has 1 aliphatic heterocycles. The van der Waals surface area contributed by atoms with Gasteiger partial charge in [-0.2, -0.15) is 0 Å². The van der Waals surface area contributed by atoms with Crippen molar-refractivity contribution in [3.05, 3.63) is 70.5 Å². The molecule has 1 aliphatic carbocycles. The predicted octanol–water partition coefficient (Wildman–Crippen LogP) is 5.40. The zero-order chi connectivity index (χ0) is 26.0. The van der Waals surface area contributed by atoms with Gasteiger partial charge in [-0.05, 0) is 53.6 Å². The topological polar surface area (TPSA) is 92.3 Å². The Bertz CT molecular complexity index is 1330. The fourth-order valence-electron chi connectivity index (χ4n) is 5.22. The summed E-state index contributed by atoms with van der Waals surface area (Å²) >= 11 is 1.54. The van der Waals surface area contributed by atoms with Crippen LogP contribution >= 0.6 is 11.3 Å². The van der Waals surface area contributed by atoms with Crippen molar-refractivity contribution in [2.75, 3.05) is 11.1 Å². The van der Waals surface area contributed by atoms with Gasteiger partial charge in [-0.15, -0.1) is 11.3 Å². The van der Waals surface area contributed by atoms with Crippen molar-refractivity contribution in [1.29, 1.82) is 0 Å². The summed E-state index contributed by atoms with van der Waals surface area (Å²) in [7, 11) is -3.28. The molecule has 1 amide bonds. The first-order valence-corrected chi connectivity index (χ1v) is 15.5. The highest BCUT2D eigenvalue weighted by atomic mass is 32.2. The van der Waals surface area contributed by atoms with E-state index < -0.39 is 9.84 Å². The molecule has 37 heavy (non-hydrogen) atoms. The van der Waals surface area contributed by atoms with Gasteiger partial charge in [0.05, 0.1) is 28.8 Å². The summed E-state index contributed by atoms with van der Waals surface area (Å²) in [4.78, 5) is 25.6. The number of hydrogen-bond acceptors (Lipinski definition) is 7. The van der Waals surface area contributed by atoms with Gasteiger partial charge in [-0.3, -0.25) is 14.7 Å². The summed E-state index contributed by atoms with van der Waals surface area (Å²) in [6.45, 7) is 6.05. The molecule has 1 N–H and O–H groups in total. The molecule has 7 nitrogen and oxygen atoms in total. The first-order valence-electron chi connectivity index (χ1n) is 13.0. The molecule has 1 atom stereocenters. The number of sulfone groups is 1. The van der Waals surface area contributed by atoms with Gasteiger partial charge < -0.3 is 5.32 Å². The maximum absolute atomic E-state index is 12.7. The number of nitrogens with zero attached hydrogens (tertiary/aromatic N) is 3. The molecule has 2 aliphatic rings. The lowest BCUT2D eigenvalue weighted by atomic mass is 9.84. The number of nitrogens with one attached hydrogen (secondary N) is 1. The second kappa shape index (κ2) is 11.0. The maximum atomic E-state index is 12.7. The maximum Gasteiger partial charge on any atom is 0.230 e. The summed E-state index contributed by atoms with van der Waals surface area (Å²) < 4.78 is 25.3. The molecule has 0 spiro atoms. The summed E-state index contributed by atoms with van der Waals surface area (Å²) in [5.74, 6) is 0.995. The summed E-state index contributed by atoms with van der Waals surface area (Å²) in [6.07, 6.45) is 8.06. The molecule has 3 aromatic rings. The molecule has 196 valence electrons. The zero-order valence-corrected chi connectivity index (χ0v) is 23.0. The number of carbonyl (C=O) groups is 1. The third kappa shape index (κ3) is 6.10. The molecular weight excluding hydrogens is 504 g/mol. The largest absolute Gasteiger partial charge is 0.302 e. The van der Waals surface area contributed by atoms with Crippen LogP contribution in [-0.4, -0.2) is 34.9 Å². The quantitative estimate of drug-likeness (QED) is 0.372. The number of pyridine rings is 1. The number of fused-ring (bicyclic) bond motifs is 1. The van der Waals surface area contributed by atoms with Crippen molar-refractivity contribution in [3.63, 3.8) is 0 Å². The highest BCUT2D eigenvalue weighted by molar-refractivity contribution is 7.91.